The van der Waals surface area contributed by atoms with Gasteiger partial charge >= 0.3 is 0 Å². The zero-order valence-electron chi connectivity index (χ0n) is 17.9. The lowest BCUT2D eigenvalue weighted by molar-refractivity contribution is 0.399. The first-order chi connectivity index (χ1) is 14.5. The molecular weight excluding hydrogens is 368 g/mol. The fourth-order valence-corrected chi connectivity index (χ4v) is 3.77. The molecule has 1 aromatic heterocycles. The number of fused-ring (bicyclic) bond motifs is 1. The van der Waals surface area contributed by atoms with Crippen molar-refractivity contribution < 1.29 is 4.74 Å². The average Bonchev–Trinajstić information content (AvgIpc) is 2.77. The lowest BCUT2D eigenvalue weighted by Crippen LogP contribution is -2.08. The van der Waals surface area contributed by atoms with Crippen LogP contribution in [0.2, 0.25) is 0 Å². The monoisotopic (exact) mass is 394 g/mol. The van der Waals surface area contributed by atoms with Crippen molar-refractivity contribution in [3.8, 4) is 28.1 Å². The highest BCUT2D eigenvalue weighted by atomic mass is 16.5. The van der Waals surface area contributed by atoms with E-state index in [0.717, 1.165) is 33.5 Å². The standard InChI is InChI=1S/C27H26N2O/c1-18(2)20-15-26(27(30-5)28-17-20)24-14-13-21(29(3)4)16-25(24)23-12-8-10-19-9-6-7-11-22(19)23/h6-17H,1H2,2-5H3. The Hall–Kier alpha value is -3.59. The molecule has 0 saturated heterocycles. The van der Waals surface area contributed by atoms with Crippen LogP contribution in [-0.2, 0) is 0 Å². The minimum absolute atomic E-state index is 0.610. The Labute approximate surface area is 178 Å². The topological polar surface area (TPSA) is 25.4 Å². The minimum atomic E-state index is 0.610. The van der Waals surface area contributed by atoms with Gasteiger partial charge in [0.15, 0.2) is 0 Å². The number of allylic oxidation sites excluding steroid dienone is 1. The van der Waals surface area contributed by atoms with Gasteiger partial charge in [-0.15, -0.1) is 0 Å². The molecular formula is C27H26N2O. The Balaban J connectivity index is 2.06. The minimum Gasteiger partial charge on any atom is -0.481 e. The summed E-state index contributed by atoms with van der Waals surface area (Å²) in [5.41, 5.74) is 7.52. The summed E-state index contributed by atoms with van der Waals surface area (Å²) in [5, 5.41) is 2.44. The first-order valence-electron chi connectivity index (χ1n) is 9.99. The number of pyridine rings is 1. The molecule has 0 saturated carbocycles. The van der Waals surface area contributed by atoms with Gasteiger partial charge in [-0.05, 0) is 63.7 Å². The second kappa shape index (κ2) is 8.03. The summed E-state index contributed by atoms with van der Waals surface area (Å²) < 4.78 is 5.64. The summed E-state index contributed by atoms with van der Waals surface area (Å²) in [5.74, 6) is 0.610. The molecule has 30 heavy (non-hydrogen) atoms. The van der Waals surface area contributed by atoms with Crippen LogP contribution in [-0.4, -0.2) is 26.2 Å². The SMILES string of the molecule is C=C(C)c1cnc(OC)c(-c2ccc(N(C)C)cc2-c2cccc3ccccc23)c1. The number of anilines is 1. The maximum atomic E-state index is 5.64. The van der Waals surface area contributed by atoms with Gasteiger partial charge in [0.2, 0.25) is 5.88 Å². The van der Waals surface area contributed by atoms with Crippen molar-refractivity contribution in [2.24, 2.45) is 0 Å². The van der Waals surface area contributed by atoms with E-state index in [2.05, 4.69) is 97.3 Å². The normalized spacial score (nSPS) is 10.8. The highest BCUT2D eigenvalue weighted by Crippen LogP contribution is 2.41. The van der Waals surface area contributed by atoms with Crippen LogP contribution in [0.15, 0.2) is 79.5 Å². The zero-order valence-corrected chi connectivity index (χ0v) is 17.9. The third kappa shape index (κ3) is 3.55. The van der Waals surface area contributed by atoms with E-state index in [-0.39, 0.29) is 0 Å². The molecule has 0 N–H and O–H groups in total. The number of methoxy groups -OCH3 is 1. The number of aromatic nitrogens is 1. The Morgan fingerprint density at radius 3 is 2.37 bits per heavy atom. The molecule has 0 fully saturated rings. The molecule has 1 heterocycles. The molecule has 0 aliphatic rings. The fraction of sp³-hybridized carbons (Fsp3) is 0.148. The van der Waals surface area contributed by atoms with Gasteiger partial charge in [-0.3, -0.25) is 0 Å². The number of hydrogen-bond donors (Lipinski definition) is 0. The number of benzene rings is 3. The molecule has 3 nitrogen and oxygen atoms in total. The van der Waals surface area contributed by atoms with E-state index in [1.54, 1.807) is 7.11 Å². The van der Waals surface area contributed by atoms with Crippen molar-refractivity contribution in [3.63, 3.8) is 0 Å². The van der Waals surface area contributed by atoms with E-state index >= 15 is 0 Å². The van der Waals surface area contributed by atoms with Gasteiger partial charge in [0.05, 0.1) is 7.11 Å². The lowest BCUT2D eigenvalue weighted by atomic mass is 9.90. The molecule has 3 aromatic carbocycles. The largest absolute Gasteiger partial charge is 0.481 e. The maximum absolute atomic E-state index is 5.64. The first-order valence-corrected chi connectivity index (χ1v) is 9.99. The van der Waals surface area contributed by atoms with Crippen LogP contribution in [0.5, 0.6) is 5.88 Å². The smallest absolute Gasteiger partial charge is 0.221 e. The van der Waals surface area contributed by atoms with Crippen molar-refractivity contribution in [3.05, 3.63) is 85.1 Å². The van der Waals surface area contributed by atoms with E-state index in [1.807, 2.05) is 13.1 Å². The molecule has 0 radical (unpaired) electrons. The number of nitrogens with zero attached hydrogens (tertiary/aromatic N) is 2. The Kier molecular flexibility index (Phi) is 5.28. The van der Waals surface area contributed by atoms with Gasteiger partial charge in [-0.25, -0.2) is 4.98 Å². The van der Waals surface area contributed by atoms with E-state index in [0.29, 0.717) is 5.88 Å². The van der Waals surface area contributed by atoms with Gasteiger partial charge < -0.3 is 9.64 Å². The second-order valence-electron chi connectivity index (χ2n) is 7.71. The molecule has 0 spiro atoms. The Bertz CT molecular complexity index is 1240. The molecule has 4 rings (SSSR count). The second-order valence-corrected chi connectivity index (χ2v) is 7.71. The van der Waals surface area contributed by atoms with Crippen molar-refractivity contribution in [2.45, 2.75) is 6.92 Å². The van der Waals surface area contributed by atoms with Crippen LogP contribution >= 0.6 is 0 Å². The van der Waals surface area contributed by atoms with E-state index in [9.17, 15) is 0 Å². The third-order valence-electron chi connectivity index (χ3n) is 5.43. The van der Waals surface area contributed by atoms with Gasteiger partial charge in [0.25, 0.3) is 0 Å². The van der Waals surface area contributed by atoms with E-state index in [4.69, 9.17) is 4.74 Å². The number of hydrogen-bond acceptors (Lipinski definition) is 3. The molecule has 0 aliphatic carbocycles. The molecule has 0 unspecified atom stereocenters. The fourth-order valence-electron chi connectivity index (χ4n) is 3.77. The van der Waals surface area contributed by atoms with Gasteiger partial charge in [-0.1, -0.05) is 55.1 Å². The van der Waals surface area contributed by atoms with E-state index < -0.39 is 0 Å². The molecule has 150 valence electrons. The lowest BCUT2D eigenvalue weighted by Gasteiger charge is -2.19. The maximum Gasteiger partial charge on any atom is 0.221 e. The predicted octanol–water partition coefficient (Wildman–Crippen LogP) is 6.68. The van der Waals surface area contributed by atoms with Crippen molar-refractivity contribution in [1.29, 1.82) is 0 Å². The van der Waals surface area contributed by atoms with E-state index in [1.165, 1.54) is 16.3 Å². The van der Waals surface area contributed by atoms with Gasteiger partial charge in [-0.2, -0.15) is 0 Å². The molecule has 0 amide bonds. The van der Waals surface area contributed by atoms with Crippen molar-refractivity contribution >= 4 is 22.0 Å². The average molecular weight is 395 g/mol. The summed E-state index contributed by atoms with van der Waals surface area (Å²) in [4.78, 5) is 6.68. The van der Waals surface area contributed by atoms with Crippen molar-refractivity contribution in [1.82, 2.24) is 4.98 Å². The van der Waals surface area contributed by atoms with Crippen LogP contribution in [0, 0.1) is 0 Å². The van der Waals surface area contributed by atoms with Gasteiger partial charge in [0.1, 0.15) is 0 Å². The highest BCUT2D eigenvalue weighted by Gasteiger charge is 2.17. The predicted molar refractivity (Wildman–Crippen MR) is 128 cm³/mol. The first kappa shape index (κ1) is 19.7. The Morgan fingerprint density at radius 2 is 1.63 bits per heavy atom. The molecule has 4 aromatic rings. The van der Waals surface area contributed by atoms with Crippen LogP contribution in [0.25, 0.3) is 38.6 Å². The van der Waals surface area contributed by atoms with Crippen LogP contribution in [0.3, 0.4) is 0 Å². The third-order valence-corrected chi connectivity index (χ3v) is 5.43. The quantitative estimate of drug-likeness (QED) is 0.378. The molecule has 0 bridgehead atoms. The van der Waals surface area contributed by atoms with Crippen molar-refractivity contribution in [2.75, 3.05) is 26.1 Å². The van der Waals surface area contributed by atoms with Crippen LogP contribution < -0.4 is 9.64 Å². The number of rotatable bonds is 5. The summed E-state index contributed by atoms with van der Waals surface area (Å²) in [7, 11) is 5.79. The van der Waals surface area contributed by atoms with Crippen LogP contribution in [0.1, 0.15) is 12.5 Å². The molecule has 0 atom stereocenters. The summed E-state index contributed by atoms with van der Waals surface area (Å²) in [6.07, 6.45) is 1.82. The highest BCUT2D eigenvalue weighted by molar-refractivity contribution is 6.01. The summed E-state index contributed by atoms with van der Waals surface area (Å²) >= 11 is 0. The summed E-state index contributed by atoms with van der Waals surface area (Å²) in [6.45, 7) is 6.08. The Morgan fingerprint density at radius 1 is 0.867 bits per heavy atom. The van der Waals surface area contributed by atoms with Crippen LogP contribution in [0.4, 0.5) is 5.69 Å². The van der Waals surface area contributed by atoms with Gasteiger partial charge in [0, 0.05) is 31.5 Å². The number of ether oxygens (including phenoxy) is 1. The summed E-state index contributed by atoms with van der Waals surface area (Å²) in [6, 6.07) is 23.6. The zero-order chi connectivity index (χ0) is 21.3. The molecule has 0 aliphatic heterocycles. The molecule has 3 heteroatoms.